The van der Waals surface area contributed by atoms with Crippen LogP contribution in [0.2, 0.25) is 0 Å². The molecule has 2 aromatic rings. The van der Waals surface area contributed by atoms with Crippen LogP contribution in [0.1, 0.15) is 18.1 Å². The van der Waals surface area contributed by atoms with Crippen LogP contribution < -0.4 is 0 Å². The van der Waals surface area contributed by atoms with Gasteiger partial charge in [0.2, 0.25) is 0 Å². The molecule has 0 radical (unpaired) electrons. The molecule has 0 atom stereocenters. The summed E-state index contributed by atoms with van der Waals surface area (Å²) in [4.78, 5) is 13.4. The Balaban J connectivity index is 0.00000133. The van der Waals surface area contributed by atoms with Gasteiger partial charge in [0.25, 0.3) is 0 Å². The van der Waals surface area contributed by atoms with Gasteiger partial charge in [0.05, 0.1) is 6.54 Å². The van der Waals surface area contributed by atoms with E-state index in [1.54, 1.807) is 6.92 Å². The predicted octanol–water partition coefficient (Wildman–Crippen LogP) is 3.36. The first-order valence-corrected chi connectivity index (χ1v) is 6.45. The van der Waals surface area contributed by atoms with E-state index in [4.69, 9.17) is 0 Å². The van der Waals surface area contributed by atoms with Gasteiger partial charge >= 0.3 is 0 Å². The van der Waals surface area contributed by atoms with Crippen molar-refractivity contribution in [3.05, 3.63) is 47.5 Å². The van der Waals surface area contributed by atoms with Gasteiger partial charge in [-0.05, 0) is 35.2 Å². The van der Waals surface area contributed by atoms with Gasteiger partial charge in [-0.1, -0.05) is 36.4 Å². The fourth-order valence-corrected chi connectivity index (χ4v) is 2.86. The van der Waals surface area contributed by atoms with Gasteiger partial charge in [-0.3, -0.25) is 9.69 Å². The Morgan fingerprint density at radius 2 is 2.00 bits per heavy atom. The van der Waals surface area contributed by atoms with E-state index < -0.39 is 0 Å². The number of hydrogen-bond acceptors (Lipinski definition) is 2. The van der Waals surface area contributed by atoms with Crippen molar-refractivity contribution < 1.29 is 4.79 Å². The van der Waals surface area contributed by atoms with E-state index in [2.05, 4.69) is 41.3 Å². The monoisotopic (exact) mass is 319 g/mol. The van der Waals surface area contributed by atoms with Crippen LogP contribution in [-0.4, -0.2) is 23.8 Å². The summed E-state index contributed by atoms with van der Waals surface area (Å²) in [6.45, 7) is 4.13. The molecular formula is C16H18BrNO. The molecule has 0 aliphatic carbocycles. The average molecular weight is 320 g/mol. The van der Waals surface area contributed by atoms with E-state index in [9.17, 15) is 4.79 Å². The number of carbonyl (C=O) groups is 1. The summed E-state index contributed by atoms with van der Waals surface area (Å²) in [7, 11) is 0. The molecule has 2 nitrogen and oxygen atoms in total. The molecule has 19 heavy (non-hydrogen) atoms. The summed E-state index contributed by atoms with van der Waals surface area (Å²) in [5.41, 5.74) is 2.84. The molecule has 0 saturated carbocycles. The Hall–Kier alpha value is -1.19. The summed E-state index contributed by atoms with van der Waals surface area (Å²) in [6.07, 6.45) is 1.05. The van der Waals surface area contributed by atoms with Gasteiger partial charge in [0, 0.05) is 13.1 Å². The Morgan fingerprint density at radius 1 is 1.21 bits per heavy atom. The number of ketones is 1. The topological polar surface area (TPSA) is 20.3 Å². The number of nitrogens with zero attached hydrogens (tertiary/aromatic N) is 1. The molecule has 0 spiro atoms. The first kappa shape index (κ1) is 14.2. The molecule has 0 bridgehead atoms. The lowest BCUT2D eigenvalue weighted by Crippen LogP contribution is -2.34. The zero-order valence-corrected chi connectivity index (χ0v) is 12.8. The van der Waals surface area contributed by atoms with Crippen molar-refractivity contribution in [2.45, 2.75) is 19.9 Å². The normalized spacial score (nSPS) is 14.8. The third-order valence-corrected chi connectivity index (χ3v) is 3.66. The lowest BCUT2D eigenvalue weighted by Gasteiger charge is -2.28. The molecular weight excluding hydrogens is 302 g/mol. The van der Waals surface area contributed by atoms with E-state index >= 15 is 0 Å². The third kappa shape index (κ3) is 2.88. The molecule has 0 unspecified atom stereocenters. The minimum atomic E-state index is 0. The summed E-state index contributed by atoms with van der Waals surface area (Å²) in [5, 5.41) is 2.69. The van der Waals surface area contributed by atoms with Crippen LogP contribution in [0.5, 0.6) is 0 Å². The summed E-state index contributed by atoms with van der Waals surface area (Å²) in [6, 6.07) is 13.0. The smallest absolute Gasteiger partial charge is 0.143 e. The van der Waals surface area contributed by atoms with Crippen molar-refractivity contribution in [1.82, 2.24) is 4.90 Å². The molecule has 0 fully saturated rings. The molecule has 3 rings (SSSR count). The van der Waals surface area contributed by atoms with Crippen molar-refractivity contribution >= 4 is 33.5 Å². The fraction of sp³-hybridized carbons (Fsp3) is 0.312. The third-order valence-electron chi connectivity index (χ3n) is 3.66. The van der Waals surface area contributed by atoms with Gasteiger partial charge in [0.1, 0.15) is 5.78 Å². The number of benzene rings is 2. The maximum Gasteiger partial charge on any atom is 0.143 e. The number of hydrogen-bond donors (Lipinski definition) is 0. The quantitative estimate of drug-likeness (QED) is 0.846. The van der Waals surface area contributed by atoms with Crippen LogP contribution in [0.15, 0.2) is 36.4 Å². The van der Waals surface area contributed by atoms with Crippen LogP contribution in [0.4, 0.5) is 0 Å². The van der Waals surface area contributed by atoms with E-state index in [1.807, 2.05) is 0 Å². The highest BCUT2D eigenvalue weighted by Gasteiger charge is 2.18. The summed E-state index contributed by atoms with van der Waals surface area (Å²) >= 11 is 0. The highest BCUT2D eigenvalue weighted by Crippen LogP contribution is 2.27. The van der Waals surface area contributed by atoms with Crippen LogP contribution in [-0.2, 0) is 17.8 Å². The zero-order chi connectivity index (χ0) is 12.5. The van der Waals surface area contributed by atoms with Crippen molar-refractivity contribution in [2.24, 2.45) is 0 Å². The largest absolute Gasteiger partial charge is 0.299 e. The lowest BCUT2D eigenvalue weighted by molar-refractivity contribution is -0.118. The predicted molar refractivity (Wildman–Crippen MR) is 83.9 cm³/mol. The van der Waals surface area contributed by atoms with Crippen molar-refractivity contribution in [3.63, 3.8) is 0 Å². The molecule has 1 aliphatic heterocycles. The van der Waals surface area contributed by atoms with Crippen molar-refractivity contribution in [3.8, 4) is 0 Å². The Labute approximate surface area is 124 Å². The SMILES string of the molecule is Br.CC(=O)CN1CCc2c(ccc3ccccc23)C1. The number of halogens is 1. The maximum atomic E-state index is 11.2. The molecule has 1 heterocycles. The van der Waals surface area contributed by atoms with Crippen molar-refractivity contribution in [2.75, 3.05) is 13.1 Å². The van der Waals surface area contributed by atoms with Crippen LogP contribution in [0.3, 0.4) is 0 Å². The molecule has 0 N–H and O–H groups in total. The minimum Gasteiger partial charge on any atom is -0.299 e. The number of rotatable bonds is 2. The summed E-state index contributed by atoms with van der Waals surface area (Å²) < 4.78 is 0. The molecule has 0 amide bonds. The second-order valence-electron chi connectivity index (χ2n) is 5.09. The Kier molecular flexibility index (Phi) is 4.38. The molecule has 2 aromatic carbocycles. The summed E-state index contributed by atoms with van der Waals surface area (Å²) in [5.74, 6) is 0.249. The van der Waals surface area contributed by atoms with E-state index in [-0.39, 0.29) is 22.8 Å². The minimum absolute atomic E-state index is 0. The van der Waals surface area contributed by atoms with Gasteiger partial charge in [-0.25, -0.2) is 0 Å². The van der Waals surface area contributed by atoms with Gasteiger partial charge in [-0.2, -0.15) is 0 Å². The van der Waals surface area contributed by atoms with Crippen LogP contribution >= 0.6 is 17.0 Å². The van der Waals surface area contributed by atoms with Crippen LogP contribution in [0.25, 0.3) is 10.8 Å². The average Bonchev–Trinajstić information content (AvgIpc) is 2.37. The molecule has 1 aliphatic rings. The molecule has 0 aromatic heterocycles. The van der Waals surface area contributed by atoms with Crippen molar-refractivity contribution in [1.29, 1.82) is 0 Å². The lowest BCUT2D eigenvalue weighted by atomic mass is 9.93. The molecule has 100 valence electrons. The van der Waals surface area contributed by atoms with Gasteiger partial charge in [0.15, 0.2) is 0 Å². The maximum absolute atomic E-state index is 11.2. The molecule has 3 heteroatoms. The first-order valence-electron chi connectivity index (χ1n) is 6.45. The van der Waals surface area contributed by atoms with Gasteiger partial charge < -0.3 is 0 Å². The van der Waals surface area contributed by atoms with E-state index in [0.717, 1.165) is 19.5 Å². The number of Topliss-reactive ketones (excluding diaryl/α,β-unsaturated/α-hetero) is 1. The van der Waals surface area contributed by atoms with E-state index in [1.165, 1.54) is 21.9 Å². The highest BCUT2D eigenvalue weighted by atomic mass is 79.9. The fourth-order valence-electron chi connectivity index (χ4n) is 2.86. The number of carbonyl (C=O) groups excluding carboxylic acids is 1. The Bertz CT molecular complexity index is 609. The van der Waals surface area contributed by atoms with Gasteiger partial charge in [-0.15, -0.1) is 17.0 Å². The molecule has 0 saturated heterocycles. The first-order chi connectivity index (χ1) is 8.74. The Morgan fingerprint density at radius 3 is 2.79 bits per heavy atom. The van der Waals surface area contributed by atoms with E-state index in [0.29, 0.717) is 6.54 Å². The second-order valence-corrected chi connectivity index (χ2v) is 5.09. The highest BCUT2D eigenvalue weighted by molar-refractivity contribution is 8.93. The van der Waals surface area contributed by atoms with Crippen LogP contribution in [0, 0.1) is 0 Å². The zero-order valence-electron chi connectivity index (χ0n) is 11.1. The standard InChI is InChI=1S/C16H17NO.BrH/c1-12(18)10-17-9-8-16-14(11-17)7-6-13-4-2-3-5-15(13)16;/h2-7H,8-11H2,1H3;1H. The second kappa shape index (κ2) is 5.85. The number of fused-ring (bicyclic) bond motifs is 3.